The first kappa shape index (κ1) is 17.4. The Morgan fingerprint density at radius 3 is 2.50 bits per heavy atom. The van der Waals surface area contributed by atoms with Crippen molar-refractivity contribution in [3.05, 3.63) is 0 Å². The summed E-state index contributed by atoms with van der Waals surface area (Å²) in [6.07, 6.45) is 4.54. The van der Waals surface area contributed by atoms with Gasteiger partial charge in [0.15, 0.2) is 0 Å². The van der Waals surface area contributed by atoms with Gasteiger partial charge in [-0.15, -0.1) is 0 Å². The van der Waals surface area contributed by atoms with Gasteiger partial charge in [0.05, 0.1) is 12.7 Å². The van der Waals surface area contributed by atoms with Gasteiger partial charge in [-0.05, 0) is 47.0 Å². The van der Waals surface area contributed by atoms with Crippen LogP contribution in [0.25, 0.3) is 0 Å². The van der Waals surface area contributed by atoms with E-state index in [1.807, 2.05) is 34.6 Å². The van der Waals surface area contributed by atoms with Crippen molar-refractivity contribution in [1.29, 1.82) is 0 Å². The van der Waals surface area contributed by atoms with E-state index in [1.165, 1.54) is 12.8 Å². The lowest BCUT2D eigenvalue weighted by atomic mass is 9.93. The molecule has 4 nitrogen and oxygen atoms in total. The molecule has 2 atom stereocenters. The molecule has 0 bridgehead atoms. The molecule has 0 aromatic heterocycles. The molecule has 0 aliphatic heterocycles. The minimum absolute atomic E-state index is 0.0504. The van der Waals surface area contributed by atoms with E-state index in [9.17, 15) is 4.79 Å². The Hall–Kier alpha value is -0.610. The molecule has 0 spiro atoms. The fourth-order valence-electron chi connectivity index (χ4n) is 2.60. The summed E-state index contributed by atoms with van der Waals surface area (Å²) in [6.45, 7) is 11.1. The maximum atomic E-state index is 12.2. The van der Waals surface area contributed by atoms with Crippen LogP contribution in [0.4, 0.5) is 0 Å². The molecule has 1 saturated carbocycles. The van der Waals surface area contributed by atoms with Crippen LogP contribution >= 0.6 is 0 Å². The van der Waals surface area contributed by atoms with Gasteiger partial charge in [0, 0.05) is 19.1 Å². The van der Waals surface area contributed by atoms with E-state index in [0.29, 0.717) is 13.0 Å². The van der Waals surface area contributed by atoms with Crippen LogP contribution < -0.4 is 5.32 Å². The summed E-state index contributed by atoms with van der Waals surface area (Å²) in [4.78, 5) is 12.2. The SMILES string of the molecule is CCOC(=O)C(C)(CC(C)OCCC1CC1)NC(C)C. The van der Waals surface area contributed by atoms with Gasteiger partial charge < -0.3 is 9.47 Å². The van der Waals surface area contributed by atoms with E-state index < -0.39 is 5.54 Å². The zero-order valence-corrected chi connectivity index (χ0v) is 13.7. The van der Waals surface area contributed by atoms with Crippen molar-refractivity contribution < 1.29 is 14.3 Å². The summed E-state index contributed by atoms with van der Waals surface area (Å²) in [5, 5.41) is 3.33. The van der Waals surface area contributed by atoms with Crippen molar-refractivity contribution in [2.45, 2.75) is 78.0 Å². The van der Waals surface area contributed by atoms with Crippen LogP contribution in [0.15, 0.2) is 0 Å². The minimum Gasteiger partial charge on any atom is -0.465 e. The number of esters is 1. The van der Waals surface area contributed by atoms with Crippen molar-refractivity contribution in [2.24, 2.45) is 5.92 Å². The number of hydrogen-bond donors (Lipinski definition) is 1. The molecule has 4 heteroatoms. The second-order valence-corrected chi connectivity index (χ2v) is 6.47. The normalized spacial score (nSPS) is 19.7. The standard InChI is InChI=1S/C16H31NO3/c1-6-19-15(18)16(5,17-12(2)3)11-13(4)20-10-9-14-7-8-14/h12-14,17H,6-11H2,1-5H3. The van der Waals surface area contributed by atoms with Gasteiger partial charge in [-0.2, -0.15) is 0 Å². The lowest BCUT2D eigenvalue weighted by Gasteiger charge is -2.32. The largest absolute Gasteiger partial charge is 0.465 e. The Kier molecular flexibility index (Phi) is 6.96. The molecule has 0 radical (unpaired) electrons. The Labute approximate surface area is 123 Å². The molecule has 0 aromatic carbocycles. The third-order valence-corrected chi connectivity index (χ3v) is 3.65. The van der Waals surface area contributed by atoms with Gasteiger partial charge in [0.2, 0.25) is 0 Å². The number of ether oxygens (including phenoxy) is 2. The monoisotopic (exact) mass is 285 g/mol. The highest BCUT2D eigenvalue weighted by molar-refractivity contribution is 5.80. The number of carbonyl (C=O) groups excluding carboxylic acids is 1. The van der Waals surface area contributed by atoms with Crippen LogP contribution in [0.2, 0.25) is 0 Å². The second kappa shape index (κ2) is 7.99. The first-order valence-corrected chi connectivity index (χ1v) is 7.94. The third-order valence-electron chi connectivity index (χ3n) is 3.65. The first-order valence-electron chi connectivity index (χ1n) is 7.94. The third kappa shape index (κ3) is 6.23. The van der Waals surface area contributed by atoms with Gasteiger partial charge in [0.1, 0.15) is 5.54 Å². The molecule has 1 rings (SSSR count). The fourth-order valence-corrected chi connectivity index (χ4v) is 2.60. The smallest absolute Gasteiger partial charge is 0.326 e. The van der Waals surface area contributed by atoms with Crippen molar-refractivity contribution in [1.82, 2.24) is 5.32 Å². The summed E-state index contributed by atoms with van der Waals surface area (Å²) in [5.74, 6) is 0.693. The highest BCUT2D eigenvalue weighted by Gasteiger charge is 2.37. The Morgan fingerprint density at radius 2 is 2.00 bits per heavy atom. The van der Waals surface area contributed by atoms with E-state index in [2.05, 4.69) is 5.32 Å². The zero-order valence-electron chi connectivity index (χ0n) is 13.7. The lowest BCUT2D eigenvalue weighted by Crippen LogP contribution is -2.54. The van der Waals surface area contributed by atoms with E-state index in [0.717, 1.165) is 18.9 Å². The number of rotatable bonds is 10. The van der Waals surface area contributed by atoms with Gasteiger partial charge in [-0.3, -0.25) is 10.1 Å². The molecular weight excluding hydrogens is 254 g/mol. The van der Waals surface area contributed by atoms with Gasteiger partial charge in [0.25, 0.3) is 0 Å². The van der Waals surface area contributed by atoms with Crippen LogP contribution in [0.5, 0.6) is 0 Å². The maximum Gasteiger partial charge on any atom is 0.326 e. The predicted octanol–water partition coefficient (Wildman–Crippen LogP) is 2.90. The summed E-state index contributed by atoms with van der Waals surface area (Å²) >= 11 is 0. The van der Waals surface area contributed by atoms with Gasteiger partial charge >= 0.3 is 5.97 Å². The highest BCUT2D eigenvalue weighted by atomic mass is 16.5. The van der Waals surface area contributed by atoms with Crippen LogP contribution in [0.1, 0.15) is 60.3 Å². The van der Waals surface area contributed by atoms with Gasteiger partial charge in [-0.25, -0.2) is 0 Å². The van der Waals surface area contributed by atoms with Crippen molar-refractivity contribution in [3.63, 3.8) is 0 Å². The Morgan fingerprint density at radius 1 is 1.35 bits per heavy atom. The molecule has 1 N–H and O–H groups in total. The molecule has 1 aliphatic rings. The fraction of sp³-hybridized carbons (Fsp3) is 0.938. The zero-order chi connectivity index (χ0) is 15.2. The molecule has 0 aromatic rings. The molecule has 0 heterocycles. The molecule has 20 heavy (non-hydrogen) atoms. The van der Waals surface area contributed by atoms with Crippen LogP contribution in [0.3, 0.4) is 0 Å². The van der Waals surface area contributed by atoms with Crippen LogP contribution in [-0.2, 0) is 14.3 Å². The molecular formula is C16H31NO3. The van der Waals surface area contributed by atoms with E-state index >= 15 is 0 Å². The number of hydrogen-bond acceptors (Lipinski definition) is 4. The Bertz CT molecular complexity index is 302. The highest BCUT2D eigenvalue weighted by Crippen LogP contribution is 2.32. The van der Waals surface area contributed by atoms with Crippen LogP contribution in [-0.4, -0.2) is 36.9 Å². The van der Waals surface area contributed by atoms with Crippen molar-refractivity contribution in [2.75, 3.05) is 13.2 Å². The van der Waals surface area contributed by atoms with Crippen molar-refractivity contribution in [3.8, 4) is 0 Å². The topological polar surface area (TPSA) is 47.6 Å². The summed E-state index contributed by atoms with van der Waals surface area (Å²) < 4.78 is 11.1. The number of nitrogens with one attached hydrogen (secondary N) is 1. The molecule has 1 fully saturated rings. The molecule has 0 saturated heterocycles. The average molecular weight is 285 g/mol. The second-order valence-electron chi connectivity index (χ2n) is 6.47. The summed E-state index contributed by atoms with van der Waals surface area (Å²) in [7, 11) is 0. The molecule has 118 valence electrons. The summed E-state index contributed by atoms with van der Waals surface area (Å²) in [5.41, 5.74) is -0.677. The van der Waals surface area contributed by atoms with Crippen molar-refractivity contribution >= 4 is 5.97 Å². The number of carbonyl (C=O) groups is 1. The van der Waals surface area contributed by atoms with E-state index in [4.69, 9.17) is 9.47 Å². The summed E-state index contributed by atoms with van der Waals surface area (Å²) in [6, 6.07) is 0.225. The van der Waals surface area contributed by atoms with Crippen LogP contribution in [0, 0.1) is 5.92 Å². The molecule has 2 unspecified atom stereocenters. The molecule has 1 aliphatic carbocycles. The average Bonchev–Trinajstić information content (AvgIpc) is 3.12. The maximum absolute atomic E-state index is 12.2. The van der Waals surface area contributed by atoms with E-state index in [-0.39, 0.29) is 18.1 Å². The van der Waals surface area contributed by atoms with Gasteiger partial charge in [-0.1, -0.05) is 12.8 Å². The predicted molar refractivity (Wildman–Crippen MR) is 80.7 cm³/mol. The first-order chi connectivity index (χ1) is 9.37. The molecule has 0 amide bonds. The van der Waals surface area contributed by atoms with E-state index in [1.54, 1.807) is 0 Å². The lowest BCUT2D eigenvalue weighted by molar-refractivity contribution is -0.152. The Balaban J connectivity index is 2.45. The quantitative estimate of drug-likeness (QED) is 0.627. The minimum atomic E-state index is -0.677.